The summed E-state index contributed by atoms with van der Waals surface area (Å²) in [5.41, 5.74) is 0.223. The lowest BCUT2D eigenvalue weighted by Gasteiger charge is -2.56. The van der Waals surface area contributed by atoms with E-state index in [-0.39, 0.29) is 17.8 Å². The molecule has 0 unspecified atom stereocenters. The maximum atomic E-state index is 11.6. The summed E-state index contributed by atoms with van der Waals surface area (Å²) >= 11 is 0. The van der Waals surface area contributed by atoms with Crippen LogP contribution < -0.4 is 0 Å². The summed E-state index contributed by atoms with van der Waals surface area (Å²) < 4.78 is 5.43. The van der Waals surface area contributed by atoms with E-state index in [0.717, 1.165) is 24.8 Å². The number of rotatable bonds is 0. The number of esters is 1. The fourth-order valence-corrected chi connectivity index (χ4v) is 4.10. The maximum Gasteiger partial charge on any atom is 0.306 e. The molecule has 17 heavy (non-hydrogen) atoms. The largest absolute Gasteiger partial charge is 0.455 e. The number of hydrogen-bond acceptors (Lipinski definition) is 3. The monoisotopic (exact) mass is 236 g/mol. The predicted octanol–water partition coefficient (Wildman–Crippen LogP) is 2.05. The van der Waals surface area contributed by atoms with Crippen molar-refractivity contribution in [2.75, 3.05) is 0 Å². The molecular formula is C14H20O3. The van der Waals surface area contributed by atoms with Crippen LogP contribution in [0.5, 0.6) is 0 Å². The Bertz CT molecular complexity index is 387. The minimum Gasteiger partial charge on any atom is -0.455 e. The lowest BCUT2D eigenvalue weighted by molar-refractivity contribution is -0.221. The van der Waals surface area contributed by atoms with Gasteiger partial charge in [0, 0.05) is 5.92 Å². The third-order valence-corrected chi connectivity index (χ3v) is 5.10. The maximum absolute atomic E-state index is 11.6. The highest BCUT2D eigenvalue weighted by Gasteiger charge is 2.59. The lowest BCUT2D eigenvalue weighted by Crippen LogP contribution is -2.64. The fourth-order valence-electron chi connectivity index (χ4n) is 4.10. The van der Waals surface area contributed by atoms with Gasteiger partial charge >= 0.3 is 5.97 Å². The minimum absolute atomic E-state index is 0.0959. The third-order valence-electron chi connectivity index (χ3n) is 5.10. The van der Waals surface area contributed by atoms with Crippen molar-refractivity contribution in [1.29, 1.82) is 0 Å². The zero-order valence-corrected chi connectivity index (χ0v) is 10.5. The van der Waals surface area contributed by atoms with Gasteiger partial charge in [0.1, 0.15) is 5.60 Å². The van der Waals surface area contributed by atoms with Gasteiger partial charge in [-0.15, -0.1) is 0 Å². The Balaban J connectivity index is 2.06. The van der Waals surface area contributed by atoms with Gasteiger partial charge in [-0.25, -0.2) is 0 Å². The molecule has 3 aliphatic rings. The molecule has 2 aliphatic carbocycles. The molecule has 94 valence electrons. The summed E-state index contributed by atoms with van der Waals surface area (Å²) in [6, 6.07) is 0. The second kappa shape index (κ2) is 3.58. The molecule has 1 heterocycles. The standard InChI is InChI=1S/C14H20O3/c1-8-3-5-10-7-12(15)17-13-9(2)4-6-11(8)14(10,13)16/h4,8,10-11,13,16H,3,5-7H2,1-2H3/t8-,10+,11+,13-,14+/m1/s1. The van der Waals surface area contributed by atoms with Crippen molar-refractivity contribution in [2.24, 2.45) is 17.8 Å². The van der Waals surface area contributed by atoms with E-state index < -0.39 is 11.7 Å². The summed E-state index contributed by atoms with van der Waals surface area (Å²) in [6.07, 6.45) is 5.13. The molecule has 0 aromatic carbocycles. The summed E-state index contributed by atoms with van der Waals surface area (Å²) in [4.78, 5) is 11.6. The number of carbonyl (C=O) groups is 1. The van der Waals surface area contributed by atoms with Gasteiger partial charge in [-0.1, -0.05) is 13.0 Å². The van der Waals surface area contributed by atoms with E-state index in [4.69, 9.17) is 4.74 Å². The highest BCUT2D eigenvalue weighted by Crippen LogP contribution is 2.53. The Hall–Kier alpha value is -0.830. The smallest absolute Gasteiger partial charge is 0.306 e. The quantitative estimate of drug-likeness (QED) is 0.517. The van der Waals surface area contributed by atoms with Crippen LogP contribution in [0.3, 0.4) is 0 Å². The van der Waals surface area contributed by atoms with Crippen LogP contribution in [0.4, 0.5) is 0 Å². The first kappa shape index (κ1) is 11.3. The van der Waals surface area contributed by atoms with Gasteiger partial charge in [0.15, 0.2) is 6.10 Å². The Morgan fingerprint density at radius 1 is 1.47 bits per heavy atom. The van der Waals surface area contributed by atoms with Crippen LogP contribution in [0.2, 0.25) is 0 Å². The zero-order valence-electron chi connectivity index (χ0n) is 10.5. The van der Waals surface area contributed by atoms with E-state index in [9.17, 15) is 9.90 Å². The first-order chi connectivity index (χ1) is 8.03. The summed E-state index contributed by atoms with van der Waals surface area (Å²) in [5.74, 6) is 0.717. The summed E-state index contributed by atoms with van der Waals surface area (Å²) in [6.45, 7) is 4.18. The fraction of sp³-hybridized carbons (Fsp3) is 0.786. The van der Waals surface area contributed by atoms with Crippen molar-refractivity contribution in [3.8, 4) is 0 Å². The van der Waals surface area contributed by atoms with Crippen molar-refractivity contribution < 1.29 is 14.6 Å². The SMILES string of the molecule is CC1=CC[C@H]2[C@H](C)CC[C@H]3CC(=O)O[C@H]1[C@]32O. The molecule has 0 aromatic heterocycles. The molecule has 3 nitrogen and oxygen atoms in total. The molecule has 1 saturated carbocycles. The number of carbonyl (C=O) groups excluding carboxylic acids is 1. The topological polar surface area (TPSA) is 46.5 Å². The number of aliphatic hydroxyl groups is 1. The van der Waals surface area contributed by atoms with Gasteiger partial charge in [-0.05, 0) is 43.6 Å². The molecule has 2 fully saturated rings. The average Bonchev–Trinajstić information content (AvgIpc) is 2.27. The van der Waals surface area contributed by atoms with Crippen molar-refractivity contribution in [3.63, 3.8) is 0 Å². The van der Waals surface area contributed by atoms with E-state index in [2.05, 4.69) is 13.0 Å². The van der Waals surface area contributed by atoms with Gasteiger partial charge in [0.05, 0.1) is 6.42 Å². The van der Waals surface area contributed by atoms with Crippen molar-refractivity contribution in [2.45, 2.75) is 51.2 Å². The van der Waals surface area contributed by atoms with Gasteiger partial charge in [0.2, 0.25) is 0 Å². The first-order valence-electron chi connectivity index (χ1n) is 6.62. The van der Waals surface area contributed by atoms with Crippen LogP contribution in [0.1, 0.15) is 39.5 Å². The number of hydrogen-bond donors (Lipinski definition) is 1. The minimum atomic E-state index is -0.801. The van der Waals surface area contributed by atoms with E-state index in [0.29, 0.717) is 12.3 Å². The molecule has 1 aliphatic heterocycles. The van der Waals surface area contributed by atoms with Crippen LogP contribution in [0, 0.1) is 17.8 Å². The Kier molecular flexibility index (Phi) is 2.37. The highest BCUT2D eigenvalue weighted by atomic mass is 16.6. The van der Waals surface area contributed by atoms with Crippen molar-refractivity contribution >= 4 is 5.97 Å². The molecule has 0 bridgehead atoms. The molecule has 3 heteroatoms. The molecule has 3 rings (SSSR count). The average molecular weight is 236 g/mol. The zero-order chi connectivity index (χ0) is 12.2. The van der Waals surface area contributed by atoms with Gasteiger partial charge in [0.25, 0.3) is 0 Å². The molecule has 0 radical (unpaired) electrons. The van der Waals surface area contributed by atoms with Gasteiger partial charge in [-0.2, -0.15) is 0 Å². The molecular weight excluding hydrogens is 216 g/mol. The van der Waals surface area contributed by atoms with E-state index in [1.54, 1.807) is 0 Å². The van der Waals surface area contributed by atoms with Gasteiger partial charge < -0.3 is 9.84 Å². The molecule has 1 N–H and O–H groups in total. The molecule has 5 atom stereocenters. The van der Waals surface area contributed by atoms with Crippen LogP contribution in [-0.4, -0.2) is 22.8 Å². The summed E-state index contributed by atoms with van der Waals surface area (Å²) in [7, 11) is 0. The Labute approximate surface area is 102 Å². The van der Waals surface area contributed by atoms with Crippen molar-refractivity contribution in [1.82, 2.24) is 0 Å². The lowest BCUT2D eigenvalue weighted by atomic mass is 9.56. The van der Waals surface area contributed by atoms with Crippen LogP contribution >= 0.6 is 0 Å². The van der Waals surface area contributed by atoms with E-state index in [1.165, 1.54) is 0 Å². The van der Waals surface area contributed by atoms with E-state index >= 15 is 0 Å². The highest BCUT2D eigenvalue weighted by molar-refractivity contribution is 5.72. The molecule has 0 spiro atoms. The third kappa shape index (κ3) is 1.41. The molecule has 0 aromatic rings. The Morgan fingerprint density at radius 3 is 3.00 bits per heavy atom. The number of ether oxygens (including phenoxy) is 1. The Morgan fingerprint density at radius 2 is 2.24 bits per heavy atom. The number of allylic oxidation sites excluding steroid dienone is 1. The van der Waals surface area contributed by atoms with Crippen LogP contribution in [0.25, 0.3) is 0 Å². The molecule has 1 saturated heterocycles. The van der Waals surface area contributed by atoms with Crippen LogP contribution in [-0.2, 0) is 9.53 Å². The second-order valence-corrected chi connectivity index (χ2v) is 6.00. The molecule has 0 amide bonds. The van der Waals surface area contributed by atoms with Crippen LogP contribution in [0.15, 0.2) is 11.6 Å². The second-order valence-electron chi connectivity index (χ2n) is 6.00. The van der Waals surface area contributed by atoms with Crippen molar-refractivity contribution in [3.05, 3.63) is 11.6 Å². The normalized spacial score (nSPS) is 49.1. The first-order valence-corrected chi connectivity index (χ1v) is 6.62. The van der Waals surface area contributed by atoms with Gasteiger partial charge in [-0.3, -0.25) is 4.79 Å². The predicted molar refractivity (Wildman–Crippen MR) is 63.2 cm³/mol. The van der Waals surface area contributed by atoms with E-state index in [1.807, 2.05) is 6.92 Å². The summed E-state index contributed by atoms with van der Waals surface area (Å²) in [5, 5.41) is 11.1.